The molecule has 0 saturated heterocycles. The number of nitrogens with one attached hydrogen (secondary N) is 1. The normalized spacial score (nSPS) is 10.5. The first-order valence-corrected chi connectivity index (χ1v) is 8.74. The van der Waals surface area contributed by atoms with Crippen LogP contribution in [0.4, 0.5) is 11.4 Å². The molecule has 2 aromatic carbocycles. The van der Waals surface area contributed by atoms with Crippen molar-refractivity contribution >= 4 is 23.3 Å². The number of carbonyl (C=O) groups is 2. The highest BCUT2D eigenvalue weighted by molar-refractivity contribution is 6.06. The number of aromatic carboxylic acids is 1. The maximum absolute atomic E-state index is 12.8. The van der Waals surface area contributed by atoms with Crippen molar-refractivity contribution in [2.24, 2.45) is 0 Å². The third kappa shape index (κ3) is 4.43. The lowest BCUT2D eigenvalue weighted by Crippen LogP contribution is -2.14. The number of carboxylic acids is 1. The van der Waals surface area contributed by atoms with E-state index < -0.39 is 16.8 Å². The van der Waals surface area contributed by atoms with Gasteiger partial charge in [-0.05, 0) is 38.1 Å². The summed E-state index contributed by atoms with van der Waals surface area (Å²) in [5.74, 6) is -1.21. The molecule has 154 valence electrons. The molecule has 1 aromatic heterocycles. The number of nitrogens with zero attached hydrogens (tertiary/aromatic N) is 2. The van der Waals surface area contributed by atoms with Gasteiger partial charge in [-0.2, -0.15) is 0 Å². The van der Waals surface area contributed by atoms with Crippen molar-refractivity contribution in [2.75, 3.05) is 5.32 Å². The quantitative estimate of drug-likeness (QED) is 0.442. The van der Waals surface area contributed by atoms with Crippen LogP contribution in [0.25, 0.3) is 0 Å². The van der Waals surface area contributed by atoms with Crippen molar-refractivity contribution in [3.63, 3.8) is 0 Å². The molecule has 0 unspecified atom stereocenters. The van der Waals surface area contributed by atoms with Crippen LogP contribution in [0.2, 0.25) is 0 Å². The zero-order valence-corrected chi connectivity index (χ0v) is 16.0. The van der Waals surface area contributed by atoms with E-state index in [0.717, 1.165) is 6.07 Å². The van der Waals surface area contributed by atoms with Gasteiger partial charge in [-0.25, -0.2) is 4.79 Å². The summed E-state index contributed by atoms with van der Waals surface area (Å²) in [6.45, 7) is 3.43. The van der Waals surface area contributed by atoms with Crippen LogP contribution < -0.4 is 10.1 Å². The molecule has 1 heterocycles. The van der Waals surface area contributed by atoms with Crippen LogP contribution in [0.3, 0.4) is 0 Å². The molecule has 3 aromatic rings. The maximum atomic E-state index is 12.8. The molecule has 0 fully saturated rings. The topological polar surface area (TPSA) is 145 Å². The molecule has 0 aliphatic heterocycles. The first kappa shape index (κ1) is 20.5. The van der Waals surface area contributed by atoms with Gasteiger partial charge in [-0.1, -0.05) is 11.2 Å². The highest BCUT2D eigenvalue weighted by atomic mass is 16.6. The third-order valence-corrected chi connectivity index (χ3v) is 4.34. The summed E-state index contributed by atoms with van der Waals surface area (Å²) >= 11 is 0. The Labute approximate surface area is 170 Å². The fraction of sp³-hybridized carbons (Fsp3) is 0.150. The highest BCUT2D eigenvalue weighted by Crippen LogP contribution is 2.27. The standard InChI is InChI=1S/C20H17N3O7/c1-11-17(12(2)30-22-11)10-29-18-9-15(23(27)28)6-7-16(18)19(24)21-14-5-3-4-13(8-14)20(25)26/h3-9H,10H2,1-2H3,(H,21,24)(H,25,26). The Balaban J connectivity index is 1.89. The van der Waals surface area contributed by atoms with E-state index in [4.69, 9.17) is 14.4 Å². The van der Waals surface area contributed by atoms with Gasteiger partial charge in [0.2, 0.25) is 0 Å². The van der Waals surface area contributed by atoms with Gasteiger partial charge in [0, 0.05) is 11.8 Å². The minimum atomic E-state index is -1.13. The van der Waals surface area contributed by atoms with Gasteiger partial charge in [0.05, 0.1) is 33.4 Å². The van der Waals surface area contributed by atoms with Crippen LogP contribution in [0.15, 0.2) is 47.0 Å². The number of nitro groups is 1. The number of nitro benzene ring substituents is 1. The number of benzene rings is 2. The number of anilines is 1. The van der Waals surface area contributed by atoms with E-state index in [1.165, 1.54) is 36.4 Å². The minimum absolute atomic E-state index is 0.00286. The second-order valence-corrected chi connectivity index (χ2v) is 6.37. The molecule has 2 N–H and O–H groups in total. The van der Waals surface area contributed by atoms with Gasteiger partial charge in [0.25, 0.3) is 11.6 Å². The predicted octanol–water partition coefficient (Wildman–Crippen LogP) is 3.73. The van der Waals surface area contributed by atoms with E-state index in [2.05, 4.69) is 10.5 Å². The zero-order chi connectivity index (χ0) is 21.8. The Morgan fingerprint density at radius 2 is 2.00 bits per heavy atom. The minimum Gasteiger partial charge on any atom is -0.488 e. The number of rotatable bonds is 7. The Bertz CT molecular complexity index is 1120. The molecular weight excluding hydrogens is 394 g/mol. The largest absolute Gasteiger partial charge is 0.488 e. The van der Waals surface area contributed by atoms with Gasteiger partial charge >= 0.3 is 5.97 Å². The smallest absolute Gasteiger partial charge is 0.335 e. The Hall–Kier alpha value is -4.21. The van der Waals surface area contributed by atoms with Crippen molar-refractivity contribution in [3.8, 4) is 5.75 Å². The number of carbonyl (C=O) groups excluding carboxylic acids is 1. The molecule has 0 spiro atoms. The molecule has 3 rings (SSSR count). The average molecular weight is 411 g/mol. The van der Waals surface area contributed by atoms with Crippen LogP contribution >= 0.6 is 0 Å². The zero-order valence-electron chi connectivity index (χ0n) is 16.0. The van der Waals surface area contributed by atoms with Gasteiger partial charge in [-0.3, -0.25) is 14.9 Å². The molecular formula is C20H17N3O7. The van der Waals surface area contributed by atoms with Gasteiger partial charge in [0.1, 0.15) is 18.1 Å². The van der Waals surface area contributed by atoms with Crippen molar-refractivity contribution in [2.45, 2.75) is 20.5 Å². The van der Waals surface area contributed by atoms with Gasteiger partial charge in [-0.15, -0.1) is 0 Å². The number of carboxylic acid groups (broad SMARTS) is 1. The Kier molecular flexibility index (Phi) is 5.77. The SMILES string of the molecule is Cc1noc(C)c1COc1cc([N+](=O)[O-])ccc1C(=O)Nc1cccc(C(=O)O)c1. The predicted molar refractivity (Wildman–Crippen MR) is 105 cm³/mol. The summed E-state index contributed by atoms with van der Waals surface area (Å²) in [4.78, 5) is 34.4. The Morgan fingerprint density at radius 1 is 1.23 bits per heavy atom. The summed E-state index contributed by atoms with van der Waals surface area (Å²) in [6, 6.07) is 9.32. The van der Waals surface area contributed by atoms with Crippen molar-refractivity contribution in [1.29, 1.82) is 0 Å². The average Bonchev–Trinajstić information content (AvgIpc) is 3.03. The van der Waals surface area contributed by atoms with Crippen molar-refractivity contribution in [1.82, 2.24) is 5.16 Å². The first-order chi connectivity index (χ1) is 14.3. The van der Waals surface area contributed by atoms with Gasteiger partial charge in [0.15, 0.2) is 0 Å². The first-order valence-electron chi connectivity index (χ1n) is 8.74. The molecule has 0 saturated carbocycles. The molecule has 0 aliphatic rings. The lowest BCUT2D eigenvalue weighted by molar-refractivity contribution is -0.384. The van der Waals surface area contributed by atoms with Crippen LogP contribution in [-0.4, -0.2) is 27.1 Å². The van der Waals surface area contributed by atoms with Crippen molar-refractivity contribution < 1.29 is 28.9 Å². The molecule has 30 heavy (non-hydrogen) atoms. The molecule has 0 atom stereocenters. The lowest BCUT2D eigenvalue weighted by Gasteiger charge is -2.12. The molecule has 0 aliphatic carbocycles. The van der Waals surface area contributed by atoms with E-state index >= 15 is 0 Å². The molecule has 10 nitrogen and oxygen atoms in total. The number of hydrogen-bond donors (Lipinski definition) is 2. The molecule has 1 amide bonds. The summed E-state index contributed by atoms with van der Waals surface area (Å²) in [5, 5.41) is 26.6. The molecule has 0 bridgehead atoms. The second kappa shape index (κ2) is 8.43. The highest BCUT2D eigenvalue weighted by Gasteiger charge is 2.19. The van der Waals surface area contributed by atoms with Crippen LogP contribution in [0.1, 0.15) is 37.7 Å². The monoisotopic (exact) mass is 411 g/mol. The summed E-state index contributed by atoms with van der Waals surface area (Å²) < 4.78 is 10.8. The van der Waals surface area contributed by atoms with Gasteiger partial charge < -0.3 is 19.7 Å². The van der Waals surface area contributed by atoms with Crippen molar-refractivity contribution in [3.05, 3.63) is 80.7 Å². The Morgan fingerprint density at radius 3 is 2.63 bits per heavy atom. The van der Waals surface area contributed by atoms with Crippen LogP contribution in [-0.2, 0) is 6.61 Å². The van der Waals surface area contributed by atoms with E-state index in [-0.39, 0.29) is 34.9 Å². The number of aromatic nitrogens is 1. The second-order valence-electron chi connectivity index (χ2n) is 6.37. The van der Waals surface area contributed by atoms with E-state index in [9.17, 15) is 19.7 Å². The number of hydrogen-bond acceptors (Lipinski definition) is 7. The molecule has 0 radical (unpaired) electrons. The lowest BCUT2D eigenvalue weighted by atomic mass is 10.1. The maximum Gasteiger partial charge on any atom is 0.335 e. The summed E-state index contributed by atoms with van der Waals surface area (Å²) in [7, 11) is 0. The summed E-state index contributed by atoms with van der Waals surface area (Å²) in [6.07, 6.45) is 0. The number of amides is 1. The fourth-order valence-electron chi connectivity index (χ4n) is 2.72. The van der Waals surface area contributed by atoms with Crippen LogP contribution in [0, 0.1) is 24.0 Å². The number of ether oxygens (including phenoxy) is 1. The molecule has 10 heteroatoms. The number of non-ortho nitro benzene ring substituents is 1. The van der Waals surface area contributed by atoms with E-state index in [1.54, 1.807) is 13.8 Å². The summed E-state index contributed by atoms with van der Waals surface area (Å²) in [5.41, 5.74) is 1.35. The van der Waals surface area contributed by atoms with E-state index in [1.807, 2.05) is 0 Å². The third-order valence-electron chi connectivity index (χ3n) is 4.34. The van der Waals surface area contributed by atoms with E-state index in [0.29, 0.717) is 17.0 Å². The van der Waals surface area contributed by atoms with Crippen LogP contribution in [0.5, 0.6) is 5.75 Å². The number of aryl methyl sites for hydroxylation is 2. The fourth-order valence-corrected chi connectivity index (χ4v) is 2.72.